The highest BCUT2D eigenvalue weighted by molar-refractivity contribution is 5.84. The van der Waals surface area contributed by atoms with Gasteiger partial charge in [-0.15, -0.1) is 6.58 Å². The number of nitrogens with two attached hydrogens (primary N) is 1. The van der Waals surface area contributed by atoms with Crippen molar-refractivity contribution in [1.82, 2.24) is 9.88 Å². The highest BCUT2D eigenvalue weighted by atomic mass is 16.5. The summed E-state index contributed by atoms with van der Waals surface area (Å²) in [5.74, 6) is 2.17. The summed E-state index contributed by atoms with van der Waals surface area (Å²) < 4.78 is 5.49. The largest absolute Gasteiger partial charge is 0.497 e. The zero-order chi connectivity index (χ0) is 20.1. The second-order valence-corrected chi connectivity index (χ2v) is 9.50. The molecule has 4 heterocycles. The van der Waals surface area contributed by atoms with E-state index in [2.05, 4.69) is 56.5 Å². The zero-order valence-electron chi connectivity index (χ0n) is 17.6. The molecule has 5 atom stereocenters. The molecule has 2 bridgehead atoms. The average molecular weight is 380 g/mol. The molecule has 5 rings (SSSR count). The Labute approximate surface area is 168 Å². The third kappa shape index (κ3) is 3.33. The van der Waals surface area contributed by atoms with Gasteiger partial charge in [-0.1, -0.05) is 26.8 Å². The van der Waals surface area contributed by atoms with Gasteiger partial charge in [-0.25, -0.2) is 0 Å². The number of pyridine rings is 1. The molecule has 3 fully saturated rings. The average Bonchev–Trinajstić information content (AvgIpc) is 2.71. The smallest absolute Gasteiger partial charge is 0.119 e. The second kappa shape index (κ2) is 7.16. The summed E-state index contributed by atoms with van der Waals surface area (Å²) in [6.45, 7) is 12.9. The normalized spacial score (nSPS) is 28.3. The number of hydrogen-bond donors (Lipinski definition) is 1. The molecule has 3 saturated heterocycles. The molecule has 4 heteroatoms. The van der Waals surface area contributed by atoms with Crippen molar-refractivity contribution < 1.29 is 4.74 Å². The molecule has 3 aliphatic rings. The van der Waals surface area contributed by atoms with Crippen LogP contribution in [0.15, 0.2) is 36.9 Å². The predicted molar refractivity (Wildman–Crippen MR) is 116 cm³/mol. The summed E-state index contributed by atoms with van der Waals surface area (Å²) in [6, 6.07) is 8.71. The van der Waals surface area contributed by atoms with Gasteiger partial charge in [-0.05, 0) is 61.1 Å². The topological polar surface area (TPSA) is 51.4 Å². The monoisotopic (exact) mass is 379 g/mol. The lowest BCUT2D eigenvalue weighted by Crippen LogP contribution is -2.56. The van der Waals surface area contributed by atoms with E-state index in [4.69, 9.17) is 15.5 Å². The minimum Gasteiger partial charge on any atom is -0.497 e. The van der Waals surface area contributed by atoms with Crippen LogP contribution in [0.2, 0.25) is 0 Å². The van der Waals surface area contributed by atoms with Crippen molar-refractivity contribution >= 4 is 10.9 Å². The molecule has 0 spiro atoms. The van der Waals surface area contributed by atoms with Gasteiger partial charge in [0.25, 0.3) is 0 Å². The first-order valence-electron chi connectivity index (χ1n) is 10.4. The van der Waals surface area contributed by atoms with E-state index >= 15 is 0 Å². The summed E-state index contributed by atoms with van der Waals surface area (Å²) >= 11 is 0. The molecule has 150 valence electrons. The molecular formula is C24H33N3O. The van der Waals surface area contributed by atoms with E-state index in [-0.39, 0.29) is 11.5 Å². The van der Waals surface area contributed by atoms with Crippen LogP contribution in [-0.4, -0.2) is 36.1 Å². The number of nitrogens with zero attached hydrogens (tertiary/aromatic N) is 2. The number of rotatable bonds is 4. The molecule has 2 aromatic rings. The summed E-state index contributed by atoms with van der Waals surface area (Å²) in [7, 11) is 1.71. The molecule has 0 amide bonds. The van der Waals surface area contributed by atoms with Crippen molar-refractivity contribution in [2.24, 2.45) is 17.6 Å². The molecule has 1 aromatic heterocycles. The lowest BCUT2D eigenvalue weighted by Gasteiger charge is -2.51. The summed E-state index contributed by atoms with van der Waals surface area (Å²) in [4.78, 5) is 7.53. The molecule has 4 unspecified atom stereocenters. The molecule has 0 radical (unpaired) electrons. The van der Waals surface area contributed by atoms with Crippen LogP contribution in [0.4, 0.5) is 0 Å². The Bertz CT molecular complexity index is 885. The van der Waals surface area contributed by atoms with Gasteiger partial charge in [0.1, 0.15) is 5.75 Å². The molecular weight excluding hydrogens is 346 g/mol. The van der Waals surface area contributed by atoms with Crippen molar-refractivity contribution in [3.63, 3.8) is 0 Å². The minimum atomic E-state index is -0.0349. The minimum absolute atomic E-state index is 0.0254. The van der Waals surface area contributed by atoms with Crippen LogP contribution in [0.3, 0.4) is 0 Å². The van der Waals surface area contributed by atoms with E-state index in [9.17, 15) is 0 Å². The van der Waals surface area contributed by atoms with Crippen LogP contribution in [0.25, 0.3) is 10.9 Å². The van der Waals surface area contributed by atoms with E-state index in [0.717, 1.165) is 41.9 Å². The highest BCUT2D eigenvalue weighted by Gasteiger charge is 2.42. The van der Waals surface area contributed by atoms with Crippen molar-refractivity contribution in [2.75, 3.05) is 20.2 Å². The molecule has 2 N–H and O–H groups in total. The number of fused-ring (bicyclic) bond motifs is 4. The fraction of sp³-hybridized carbons (Fsp3) is 0.542. The van der Waals surface area contributed by atoms with Crippen molar-refractivity contribution in [1.29, 1.82) is 0 Å². The van der Waals surface area contributed by atoms with Crippen LogP contribution in [0.1, 0.15) is 50.9 Å². The number of aromatic nitrogens is 1. The van der Waals surface area contributed by atoms with Gasteiger partial charge < -0.3 is 10.5 Å². The Morgan fingerprint density at radius 2 is 2.11 bits per heavy atom. The number of piperidine rings is 3. The van der Waals surface area contributed by atoms with E-state index < -0.39 is 0 Å². The first kappa shape index (κ1) is 19.4. The zero-order valence-corrected chi connectivity index (χ0v) is 17.6. The van der Waals surface area contributed by atoms with E-state index in [0.29, 0.717) is 17.9 Å². The fourth-order valence-electron chi connectivity index (χ4n) is 4.98. The van der Waals surface area contributed by atoms with E-state index in [1.165, 1.54) is 12.0 Å². The van der Waals surface area contributed by atoms with E-state index in [1.54, 1.807) is 7.11 Å². The molecule has 0 saturated carbocycles. The Hall–Kier alpha value is -1.91. The van der Waals surface area contributed by atoms with Crippen LogP contribution in [0, 0.1) is 11.8 Å². The predicted octanol–water partition coefficient (Wildman–Crippen LogP) is 4.44. The molecule has 3 aliphatic heterocycles. The second-order valence-electron chi connectivity index (χ2n) is 9.50. The maximum absolute atomic E-state index is 6.98. The van der Waals surface area contributed by atoms with E-state index in [1.807, 2.05) is 6.07 Å². The molecule has 28 heavy (non-hydrogen) atoms. The van der Waals surface area contributed by atoms with Crippen LogP contribution in [0.5, 0.6) is 5.75 Å². The highest BCUT2D eigenvalue weighted by Crippen LogP contribution is 2.42. The molecule has 4 nitrogen and oxygen atoms in total. The van der Waals surface area contributed by atoms with Gasteiger partial charge in [0.15, 0.2) is 0 Å². The number of ether oxygens (including phenoxy) is 1. The number of methoxy groups -OCH3 is 1. The van der Waals surface area contributed by atoms with Crippen molar-refractivity contribution in [3.05, 3.63) is 48.2 Å². The summed E-state index contributed by atoms with van der Waals surface area (Å²) in [5, 5.41) is 1.11. The quantitative estimate of drug-likeness (QED) is 0.798. The standard InChI is InChI=1S/C24H33N3O/c1-6-15-14-27-10-9-16(15)11-21(27)23(25)19-13-22(24(2,3)4)26-20-8-7-17(28-5)12-18(19)20/h6-8,12-13,15-16,21,23H,1,9-11,14,25H2,2-5H3/t15?,16?,21?,23-/m1/s1. The third-order valence-electron chi connectivity index (χ3n) is 6.74. The summed E-state index contributed by atoms with van der Waals surface area (Å²) in [5.41, 5.74) is 10.2. The number of hydrogen-bond acceptors (Lipinski definition) is 4. The van der Waals surface area contributed by atoms with Gasteiger partial charge in [-0.3, -0.25) is 9.88 Å². The third-order valence-corrected chi connectivity index (χ3v) is 6.74. The SMILES string of the molecule is C=CC1CN2CCC1CC2[C@H](N)c1cc(C(C)(C)C)nc2ccc(OC)cc12. The van der Waals surface area contributed by atoms with Gasteiger partial charge in [0, 0.05) is 35.1 Å². The summed E-state index contributed by atoms with van der Waals surface area (Å²) in [6.07, 6.45) is 4.55. The van der Waals surface area contributed by atoms with Gasteiger partial charge >= 0.3 is 0 Å². The maximum atomic E-state index is 6.98. The van der Waals surface area contributed by atoms with Crippen molar-refractivity contribution in [2.45, 2.75) is 51.1 Å². The Balaban J connectivity index is 1.79. The number of benzene rings is 1. The Kier molecular flexibility index (Phi) is 4.96. The fourth-order valence-corrected chi connectivity index (χ4v) is 4.98. The molecule has 1 aromatic carbocycles. The first-order valence-corrected chi connectivity index (χ1v) is 10.4. The van der Waals surface area contributed by atoms with Gasteiger partial charge in [0.05, 0.1) is 12.6 Å². The van der Waals surface area contributed by atoms with Gasteiger partial charge in [-0.2, -0.15) is 0 Å². The van der Waals surface area contributed by atoms with Crippen LogP contribution >= 0.6 is 0 Å². The Morgan fingerprint density at radius 1 is 1.32 bits per heavy atom. The maximum Gasteiger partial charge on any atom is 0.119 e. The first-order chi connectivity index (χ1) is 13.3. The van der Waals surface area contributed by atoms with Crippen LogP contribution < -0.4 is 10.5 Å². The lowest BCUT2D eigenvalue weighted by molar-refractivity contribution is 0.00747. The van der Waals surface area contributed by atoms with Gasteiger partial charge in [0.2, 0.25) is 0 Å². The molecule has 0 aliphatic carbocycles. The Morgan fingerprint density at radius 3 is 2.71 bits per heavy atom. The van der Waals surface area contributed by atoms with Crippen LogP contribution in [-0.2, 0) is 5.41 Å². The van der Waals surface area contributed by atoms with Crippen molar-refractivity contribution in [3.8, 4) is 5.75 Å². The lowest BCUT2D eigenvalue weighted by atomic mass is 9.73.